The van der Waals surface area contributed by atoms with Gasteiger partial charge in [0, 0.05) is 18.0 Å². The number of hydrogen-bond donors (Lipinski definition) is 0. The van der Waals surface area contributed by atoms with Gasteiger partial charge in [-0.3, -0.25) is 14.5 Å². The minimum absolute atomic E-state index is 0.0679. The maximum absolute atomic E-state index is 12.7. The molecule has 3 heterocycles. The molecule has 0 saturated heterocycles. The van der Waals surface area contributed by atoms with Gasteiger partial charge in [-0.25, -0.2) is 13.8 Å². The lowest BCUT2D eigenvalue weighted by Gasteiger charge is -2.36. The third-order valence-corrected chi connectivity index (χ3v) is 5.45. The van der Waals surface area contributed by atoms with Crippen LogP contribution in [0.1, 0.15) is 30.7 Å². The fourth-order valence-corrected chi connectivity index (χ4v) is 3.63. The van der Waals surface area contributed by atoms with Crippen LogP contribution in [-0.4, -0.2) is 45.4 Å². The van der Waals surface area contributed by atoms with Gasteiger partial charge in [0.25, 0.3) is 6.43 Å². The fourth-order valence-electron chi connectivity index (χ4n) is 3.63. The standard InChI is InChI=1S/C23H24F5N5O2/c1-14-5-19(16-6-18(9-29-7-16)35-12-23(26,27)28)31-21(15(14)2)22(3,4)33(13-34)17-8-30-32(10-17)11-20(24)25/h5-10,13,20H,11-12H2,1-4H3. The monoisotopic (exact) mass is 497 g/mol. The van der Waals surface area contributed by atoms with Gasteiger partial charge >= 0.3 is 6.18 Å². The number of hydrogen-bond acceptors (Lipinski definition) is 5. The van der Waals surface area contributed by atoms with Crippen LogP contribution in [0.15, 0.2) is 36.9 Å². The summed E-state index contributed by atoms with van der Waals surface area (Å²) in [7, 11) is 0. The lowest BCUT2D eigenvalue weighted by molar-refractivity contribution is -0.153. The van der Waals surface area contributed by atoms with Crippen LogP contribution >= 0.6 is 0 Å². The van der Waals surface area contributed by atoms with E-state index in [-0.39, 0.29) is 5.75 Å². The molecule has 0 bridgehead atoms. The average Bonchev–Trinajstić information content (AvgIpc) is 3.21. The van der Waals surface area contributed by atoms with E-state index in [0.29, 0.717) is 29.0 Å². The number of amides is 1. The molecule has 3 aromatic rings. The molecule has 188 valence electrons. The Hall–Kier alpha value is -3.57. The highest BCUT2D eigenvalue weighted by Gasteiger charge is 2.34. The summed E-state index contributed by atoms with van der Waals surface area (Å²) in [5.74, 6) is -0.0679. The second kappa shape index (κ2) is 9.96. The van der Waals surface area contributed by atoms with Crippen molar-refractivity contribution in [2.24, 2.45) is 0 Å². The normalized spacial score (nSPS) is 12.2. The fraction of sp³-hybridized carbons (Fsp3) is 0.391. The predicted octanol–water partition coefficient (Wildman–Crippen LogP) is 5.06. The Labute approximate surface area is 198 Å². The zero-order chi connectivity index (χ0) is 26.0. The van der Waals surface area contributed by atoms with Crippen LogP contribution in [-0.2, 0) is 16.9 Å². The van der Waals surface area contributed by atoms with E-state index >= 15 is 0 Å². The molecule has 35 heavy (non-hydrogen) atoms. The summed E-state index contributed by atoms with van der Waals surface area (Å²) >= 11 is 0. The number of ether oxygens (including phenoxy) is 1. The highest BCUT2D eigenvalue weighted by atomic mass is 19.4. The number of aryl methyl sites for hydroxylation is 1. The first kappa shape index (κ1) is 26.0. The highest BCUT2D eigenvalue weighted by Crippen LogP contribution is 2.35. The first-order valence-electron chi connectivity index (χ1n) is 10.5. The van der Waals surface area contributed by atoms with Crippen molar-refractivity contribution in [2.45, 2.75) is 52.4 Å². The maximum atomic E-state index is 12.7. The van der Waals surface area contributed by atoms with Crippen LogP contribution in [0, 0.1) is 13.8 Å². The van der Waals surface area contributed by atoms with Gasteiger partial charge < -0.3 is 9.64 Å². The maximum Gasteiger partial charge on any atom is 0.422 e. The van der Waals surface area contributed by atoms with E-state index in [0.717, 1.165) is 15.8 Å². The summed E-state index contributed by atoms with van der Waals surface area (Å²) in [6.45, 7) is 5.08. The zero-order valence-corrected chi connectivity index (χ0v) is 19.5. The lowest BCUT2D eigenvalue weighted by Crippen LogP contribution is -2.42. The van der Waals surface area contributed by atoms with Crippen LogP contribution in [0.25, 0.3) is 11.3 Å². The van der Waals surface area contributed by atoms with Crippen LogP contribution in [0.2, 0.25) is 0 Å². The van der Waals surface area contributed by atoms with Crippen LogP contribution in [0.5, 0.6) is 5.75 Å². The molecule has 1 amide bonds. The minimum atomic E-state index is -4.49. The molecule has 0 atom stereocenters. The Bertz CT molecular complexity index is 1190. The van der Waals surface area contributed by atoms with E-state index in [1.54, 1.807) is 19.9 Å². The van der Waals surface area contributed by atoms with Gasteiger partial charge in [-0.05, 0) is 51.0 Å². The molecule has 0 spiro atoms. The van der Waals surface area contributed by atoms with E-state index in [9.17, 15) is 26.7 Å². The molecule has 0 unspecified atom stereocenters. The topological polar surface area (TPSA) is 73.1 Å². The summed E-state index contributed by atoms with van der Waals surface area (Å²) in [5, 5.41) is 3.90. The van der Waals surface area contributed by atoms with Crippen molar-refractivity contribution >= 4 is 12.1 Å². The highest BCUT2D eigenvalue weighted by molar-refractivity contribution is 5.77. The van der Waals surface area contributed by atoms with Crippen molar-refractivity contribution in [3.63, 3.8) is 0 Å². The van der Waals surface area contributed by atoms with E-state index < -0.39 is 31.3 Å². The van der Waals surface area contributed by atoms with Crippen molar-refractivity contribution in [2.75, 3.05) is 11.5 Å². The lowest BCUT2D eigenvalue weighted by atomic mass is 9.91. The Kier molecular flexibility index (Phi) is 7.41. The number of carbonyl (C=O) groups is 1. The van der Waals surface area contributed by atoms with Crippen LogP contribution in [0.3, 0.4) is 0 Å². The Morgan fingerprint density at radius 3 is 2.49 bits per heavy atom. The van der Waals surface area contributed by atoms with Crippen molar-refractivity contribution in [3.05, 3.63) is 53.7 Å². The minimum Gasteiger partial charge on any atom is -0.482 e. The molecule has 0 saturated carbocycles. The quantitative estimate of drug-likeness (QED) is 0.305. The Balaban J connectivity index is 2.00. The smallest absolute Gasteiger partial charge is 0.422 e. The van der Waals surface area contributed by atoms with Gasteiger partial charge in [-0.2, -0.15) is 18.3 Å². The SMILES string of the molecule is Cc1cc(-c2cncc(OCC(F)(F)F)c2)nc(C(C)(C)N(C=O)c2cnn(CC(F)F)c2)c1C. The average molecular weight is 497 g/mol. The molecule has 0 aliphatic carbocycles. The molecule has 0 aliphatic rings. The second-order valence-corrected chi connectivity index (χ2v) is 8.46. The van der Waals surface area contributed by atoms with E-state index in [4.69, 9.17) is 9.72 Å². The predicted molar refractivity (Wildman–Crippen MR) is 118 cm³/mol. The number of aromatic nitrogens is 4. The number of pyridine rings is 2. The Morgan fingerprint density at radius 2 is 1.86 bits per heavy atom. The molecule has 3 aromatic heterocycles. The number of rotatable bonds is 9. The summed E-state index contributed by atoms with van der Waals surface area (Å²) in [4.78, 5) is 22.1. The number of carbonyl (C=O) groups excluding carboxylic acids is 1. The molecule has 7 nitrogen and oxygen atoms in total. The summed E-state index contributed by atoms with van der Waals surface area (Å²) in [6.07, 6.45) is -1.25. The molecule has 0 aliphatic heterocycles. The molecular weight excluding hydrogens is 473 g/mol. The number of nitrogens with zero attached hydrogens (tertiary/aromatic N) is 5. The van der Waals surface area contributed by atoms with E-state index in [1.165, 1.54) is 35.8 Å². The van der Waals surface area contributed by atoms with Crippen molar-refractivity contribution in [1.29, 1.82) is 0 Å². The third kappa shape index (κ3) is 6.11. The first-order chi connectivity index (χ1) is 16.3. The van der Waals surface area contributed by atoms with Crippen molar-refractivity contribution in [1.82, 2.24) is 19.7 Å². The van der Waals surface area contributed by atoms with Gasteiger partial charge in [0.05, 0.1) is 35.0 Å². The molecule has 3 rings (SSSR count). The summed E-state index contributed by atoms with van der Waals surface area (Å²) < 4.78 is 68.9. The van der Waals surface area contributed by atoms with Crippen LogP contribution < -0.4 is 9.64 Å². The van der Waals surface area contributed by atoms with Crippen LogP contribution in [0.4, 0.5) is 27.6 Å². The summed E-state index contributed by atoms with van der Waals surface area (Å²) in [6, 6.07) is 3.16. The molecule has 0 fully saturated rings. The van der Waals surface area contributed by atoms with Gasteiger partial charge in [-0.1, -0.05) is 0 Å². The van der Waals surface area contributed by atoms with Gasteiger partial charge in [0.15, 0.2) is 6.61 Å². The number of halogens is 5. The number of alkyl halides is 5. The van der Waals surface area contributed by atoms with E-state index in [2.05, 4.69) is 10.1 Å². The molecule has 0 radical (unpaired) electrons. The molecule has 0 aromatic carbocycles. The van der Waals surface area contributed by atoms with Crippen molar-refractivity contribution in [3.8, 4) is 17.0 Å². The first-order valence-corrected chi connectivity index (χ1v) is 10.5. The van der Waals surface area contributed by atoms with E-state index in [1.807, 2.05) is 13.8 Å². The van der Waals surface area contributed by atoms with Gasteiger partial charge in [-0.15, -0.1) is 0 Å². The summed E-state index contributed by atoms with van der Waals surface area (Å²) in [5.41, 5.74) is 2.21. The number of anilines is 1. The largest absolute Gasteiger partial charge is 0.482 e. The second-order valence-electron chi connectivity index (χ2n) is 8.46. The van der Waals surface area contributed by atoms with Gasteiger partial charge in [0.1, 0.15) is 12.3 Å². The Morgan fingerprint density at radius 1 is 1.14 bits per heavy atom. The van der Waals surface area contributed by atoms with Gasteiger partial charge in [0.2, 0.25) is 6.41 Å². The van der Waals surface area contributed by atoms with Crippen molar-refractivity contribution < 1.29 is 31.5 Å². The molecule has 0 N–H and O–H groups in total. The zero-order valence-electron chi connectivity index (χ0n) is 19.5. The third-order valence-electron chi connectivity index (χ3n) is 5.45. The molecular formula is C23H24F5N5O2. The molecule has 12 heteroatoms.